The molecule has 2 fully saturated rings. The molecule has 7 nitrogen and oxygen atoms in total. The summed E-state index contributed by atoms with van der Waals surface area (Å²) < 4.78 is 50.2. The molecule has 1 aliphatic heterocycles. The molecule has 37 heavy (non-hydrogen) atoms. The van der Waals surface area contributed by atoms with Crippen molar-refractivity contribution < 1.29 is 31.9 Å². The molecule has 3 rings (SSSR count). The number of carbonyl (C=O) groups is 2. The molecule has 206 valence electrons. The number of nitrogens with zero attached hydrogens (tertiary/aromatic N) is 1. The van der Waals surface area contributed by atoms with E-state index >= 15 is 0 Å². The Labute approximate surface area is 220 Å². The SMILES string of the molecule is CC(C)(C)OC(=O)CC/C(=C\F)COc1ccc(S(=O)(=O)CC2CCCN(C(=O)C3CCCC3)C2)cc1. The fourth-order valence-corrected chi connectivity index (χ4v) is 6.61. The summed E-state index contributed by atoms with van der Waals surface area (Å²) in [5.74, 6) is 0.206. The second kappa shape index (κ2) is 12.9. The van der Waals surface area contributed by atoms with Crippen LogP contribution in [0.4, 0.5) is 4.39 Å². The first kappa shape index (κ1) is 29.1. The van der Waals surface area contributed by atoms with Crippen LogP contribution >= 0.6 is 0 Å². The largest absolute Gasteiger partial charge is 0.489 e. The van der Waals surface area contributed by atoms with Gasteiger partial charge < -0.3 is 14.4 Å². The Morgan fingerprint density at radius 3 is 2.35 bits per heavy atom. The number of amides is 1. The van der Waals surface area contributed by atoms with Crippen LogP contribution in [0, 0.1) is 11.8 Å². The third-order valence-electron chi connectivity index (χ3n) is 6.82. The Kier molecular flexibility index (Phi) is 10.2. The fraction of sp³-hybridized carbons (Fsp3) is 0.643. The summed E-state index contributed by atoms with van der Waals surface area (Å²) in [6.07, 6.45) is 6.32. The number of hydrogen-bond acceptors (Lipinski definition) is 6. The molecule has 1 unspecified atom stereocenters. The maximum atomic E-state index is 13.3. The van der Waals surface area contributed by atoms with E-state index in [0.29, 0.717) is 30.7 Å². The highest BCUT2D eigenvalue weighted by atomic mass is 32.2. The summed E-state index contributed by atoms with van der Waals surface area (Å²) in [6, 6.07) is 6.09. The number of rotatable bonds is 10. The van der Waals surface area contributed by atoms with E-state index in [2.05, 4.69) is 0 Å². The first-order chi connectivity index (χ1) is 17.5. The second-order valence-electron chi connectivity index (χ2n) is 11.2. The van der Waals surface area contributed by atoms with Gasteiger partial charge in [-0.1, -0.05) is 12.8 Å². The third-order valence-corrected chi connectivity index (χ3v) is 8.72. The normalized spacial score (nSPS) is 19.6. The average Bonchev–Trinajstić information content (AvgIpc) is 3.38. The number of hydrogen-bond donors (Lipinski definition) is 0. The number of piperidine rings is 1. The molecule has 0 bridgehead atoms. The van der Waals surface area contributed by atoms with Crippen molar-refractivity contribution in [1.82, 2.24) is 4.90 Å². The number of ether oxygens (including phenoxy) is 2. The van der Waals surface area contributed by atoms with Crippen LogP contribution < -0.4 is 4.74 Å². The quantitative estimate of drug-likeness (QED) is 0.379. The molecule has 1 saturated carbocycles. The maximum absolute atomic E-state index is 13.3. The minimum atomic E-state index is -3.53. The summed E-state index contributed by atoms with van der Waals surface area (Å²) in [5, 5.41) is 0. The van der Waals surface area contributed by atoms with E-state index < -0.39 is 21.4 Å². The first-order valence-electron chi connectivity index (χ1n) is 13.2. The summed E-state index contributed by atoms with van der Waals surface area (Å²) in [6.45, 7) is 6.46. The predicted octanol–water partition coefficient (Wildman–Crippen LogP) is 5.24. The van der Waals surface area contributed by atoms with E-state index in [9.17, 15) is 22.4 Å². The van der Waals surface area contributed by atoms with Crippen LogP contribution in [-0.2, 0) is 24.2 Å². The summed E-state index contributed by atoms with van der Waals surface area (Å²) in [7, 11) is -3.53. The molecule has 1 atom stereocenters. The molecular formula is C28H40FNO6S. The van der Waals surface area contributed by atoms with Gasteiger partial charge in [-0.05, 0) is 88.6 Å². The summed E-state index contributed by atoms with van der Waals surface area (Å²) >= 11 is 0. The molecule has 0 aromatic heterocycles. The van der Waals surface area contributed by atoms with E-state index in [-0.39, 0.29) is 47.8 Å². The van der Waals surface area contributed by atoms with Gasteiger partial charge in [-0.2, -0.15) is 0 Å². The standard InChI is InChI=1S/C28H40FNO6S/c1-28(2,3)36-26(31)15-10-21(17-29)19-35-24-11-13-25(14-12-24)37(33,34)20-22-7-6-16-30(18-22)27(32)23-8-4-5-9-23/h11-14,17,22-23H,4-10,15-16,18-20H2,1-3H3/b21-17+. The summed E-state index contributed by atoms with van der Waals surface area (Å²) in [4.78, 5) is 26.7. The third kappa shape index (κ3) is 9.13. The fourth-order valence-electron chi connectivity index (χ4n) is 4.97. The highest BCUT2D eigenvalue weighted by molar-refractivity contribution is 7.91. The van der Waals surface area contributed by atoms with Crippen molar-refractivity contribution in [2.24, 2.45) is 11.8 Å². The van der Waals surface area contributed by atoms with Gasteiger partial charge in [0.1, 0.15) is 18.0 Å². The Balaban J connectivity index is 1.49. The van der Waals surface area contributed by atoms with Gasteiger partial charge in [0.2, 0.25) is 5.91 Å². The lowest BCUT2D eigenvalue weighted by Gasteiger charge is -2.34. The lowest BCUT2D eigenvalue weighted by molar-refractivity contribution is -0.154. The lowest BCUT2D eigenvalue weighted by Crippen LogP contribution is -2.44. The number of carbonyl (C=O) groups excluding carboxylic acids is 2. The Morgan fingerprint density at radius 1 is 1.05 bits per heavy atom. The number of likely N-dealkylation sites (tertiary alicyclic amines) is 1. The highest BCUT2D eigenvalue weighted by Gasteiger charge is 2.32. The van der Waals surface area contributed by atoms with Crippen molar-refractivity contribution in [1.29, 1.82) is 0 Å². The van der Waals surface area contributed by atoms with E-state index in [1.165, 1.54) is 12.1 Å². The Morgan fingerprint density at radius 2 is 1.73 bits per heavy atom. The number of halogens is 1. The van der Waals surface area contributed by atoms with Crippen LogP contribution in [0.15, 0.2) is 41.1 Å². The van der Waals surface area contributed by atoms with Gasteiger partial charge >= 0.3 is 5.97 Å². The van der Waals surface area contributed by atoms with Crippen LogP contribution in [0.25, 0.3) is 0 Å². The topological polar surface area (TPSA) is 90.0 Å². The smallest absolute Gasteiger partial charge is 0.306 e. The number of benzene rings is 1. The molecule has 9 heteroatoms. The van der Waals surface area contributed by atoms with Gasteiger partial charge in [-0.3, -0.25) is 9.59 Å². The van der Waals surface area contributed by atoms with E-state index in [0.717, 1.165) is 38.5 Å². The Hall–Kier alpha value is -2.42. The monoisotopic (exact) mass is 537 g/mol. The molecule has 1 heterocycles. The van der Waals surface area contributed by atoms with Gasteiger partial charge in [0, 0.05) is 25.4 Å². The second-order valence-corrected chi connectivity index (χ2v) is 13.2. The van der Waals surface area contributed by atoms with Crippen LogP contribution in [0.3, 0.4) is 0 Å². The van der Waals surface area contributed by atoms with Crippen molar-refractivity contribution in [3.63, 3.8) is 0 Å². The van der Waals surface area contributed by atoms with Crippen molar-refractivity contribution >= 4 is 21.7 Å². The highest BCUT2D eigenvalue weighted by Crippen LogP contribution is 2.29. The van der Waals surface area contributed by atoms with E-state index in [4.69, 9.17) is 9.47 Å². The zero-order chi connectivity index (χ0) is 27.1. The number of sulfone groups is 1. The van der Waals surface area contributed by atoms with Gasteiger partial charge in [0.05, 0.1) is 17.0 Å². The molecule has 2 aliphatic rings. The zero-order valence-corrected chi connectivity index (χ0v) is 23.0. The zero-order valence-electron chi connectivity index (χ0n) is 22.2. The van der Waals surface area contributed by atoms with Crippen LogP contribution in [0.2, 0.25) is 0 Å². The molecule has 1 aromatic carbocycles. The van der Waals surface area contributed by atoms with Gasteiger partial charge in [0.25, 0.3) is 0 Å². The predicted molar refractivity (Wildman–Crippen MR) is 140 cm³/mol. The molecule has 0 radical (unpaired) electrons. The minimum absolute atomic E-state index is 0.00104. The Bertz CT molecular complexity index is 1060. The van der Waals surface area contributed by atoms with Gasteiger partial charge in [-0.25, -0.2) is 12.8 Å². The number of esters is 1. The van der Waals surface area contributed by atoms with E-state index in [1.807, 2.05) is 4.90 Å². The first-order valence-corrected chi connectivity index (χ1v) is 14.9. The molecule has 0 N–H and O–H groups in total. The average molecular weight is 538 g/mol. The lowest BCUT2D eigenvalue weighted by atomic mass is 9.97. The molecular weight excluding hydrogens is 497 g/mol. The van der Waals surface area contributed by atoms with Crippen molar-refractivity contribution in [3.05, 3.63) is 36.2 Å². The van der Waals surface area contributed by atoms with Crippen molar-refractivity contribution in [2.75, 3.05) is 25.4 Å². The van der Waals surface area contributed by atoms with Crippen LogP contribution in [0.5, 0.6) is 5.75 Å². The van der Waals surface area contributed by atoms with Gasteiger partial charge in [-0.15, -0.1) is 0 Å². The van der Waals surface area contributed by atoms with Crippen LogP contribution in [0.1, 0.15) is 72.1 Å². The van der Waals surface area contributed by atoms with Gasteiger partial charge in [0.15, 0.2) is 9.84 Å². The van der Waals surface area contributed by atoms with Crippen molar-refractivity contribution in [2.45, 2.75) is 82.6 Å². The molecule has 1 amide bonds. The molecule has 1 aromatic rings. The molecule has 1 saturated heterocycles. The summed E-state index contributed by atoms with van der Waals surface area (Å²) in [5.41, 5.74) is -0.296. The van der Waals surface area contributed by atoms with Crippen LogP contribution in [-0.4, -0.2) is 56.2 Å². The minimum Gasteiger partial charge on any atom is -0.489 e. The molecule has 0 spiro atoms. The van der Waals surface area contributed by atoms with E-state index in [1.54, 1.807) is 32.9 Å². The molecule has 1 aliphatic carbocycles. The maximum Gasteiger partial charge on any atom is 0.306 e. The van der Waals surface area contributed by atoms with Crippen molar-refractivity contribution in [3.8, 4) is 5.75 Å².